The van der Waals surface area contributed by atoms with Crippen molar-refractivity contribution >= 4 is 27.7 Å². The van der Waals surface area contributed by atoms with E-state index in [9.17, 15) is 14.0 Å². The van der Waals surface area contributed by atoms with Crippen molar-refractivity contribution in [1.82, 2.24) is 0 Å². The summed E-state index contributed by atoms with van der Waals surface area (Å²) < 4.78 is 12.8. The quantitative estimate of drug-likeness (QED) is 0.862. The summed E-state index contributed by atoms with van der Waals surface area (Å²) in [5, 5.41) is 8.82. The molecule has 0 aliphatic carbocycles. The third-order valence-electron chi connectivity index (χ3n) is 1.88. The molecule has 1 aromatic rings. The Morgan fingerprint density at radius 2 is 2.07 bits per heavy atom. The lowest BCUT2D eigenvalue weighted by atomic mass is 10.0. The summed E-state index contributed by atoms with van der Waals surface area (Å²) >= 11 is 3.06. The number of hydrogen-bond donors (Lipinski definition) is 1. The molecule has 1 atom stereocenters. The Hall–Kier alpha value is -1.23. The van der Waals surface area contributed by atoms with Crippen LogP contribution in [-0.2, 0) is 4.79 Å². The summed E-state index contributed by atoms with van der Waals surface area (Å²) in [7, 11) is 0. The highest BCUT2D eigenvalue weighted by Gasteiger charge is 2.20. The molecule has 80 valence electrons. The Balaban J connectivity index is 3.28. The minimum absolute atomic E-state index is 0.202. The van der Waals surface area contributed by atoms with Gasteiger partial charge in [0, 0.05) is 0 Å². The van der Waals surface area contributed by atoms with E-state index >= 15 is 0 Å². The van der Waals surface area contributed by atoms with Gasteiger partial charge in [0.2, 0.25) is 0 Å². The average molecular weight is 275 g/mol. The van der Waals surface area contributed by atoms with Crippen LogP contribution in [0.5, 0.6) is 0 Å². The second kappa shape index (κ2) is 4.53. The molecule has 0 bridgehead atoms. The number of hydrogen-bond acceptors (Lipinski definition) is 2. The number of alkyl halides is 1. The highest BCUT2D eigenvalue weighted by atomic mass is 79.9. The van der Waals surface area contributed by atoms with E-state index in [1.807, 2.05) is 0 Å². The van der Waals surface area contributed by atoms with Gasteiger partial charge in [0.15, 0.2) is 0 Å². The molecule has 1 rings (SSSR count). The number of Topliss-reactive ketones (excluding diaryl/α,β-unsaturated/α-hetero) is 1. The molecule has 1 aromatic carbocycles. The van der Waals surface area contributed by atoms with Crippen LogP contribution in [0.1, 0.15) is 27.7 Å². The van der Waals surface area contributed by atoms with Crippen molar-refractivity contribution in [2.24, 2.45) is 0 Å². The van der Waals surface area contributed by atoms with Gasteiger partial charge in [-0.05, 0) is 24.6 Å². The van der Waals surface area contributed by atoms with Gasteiger partial charge < -0.3 is 5.11 Å². The van der Waals surface area contributed by atoms with Crippen molar-refractivity contribution in [3.8, 4) is 0 Å². The van der Waals surface area contributed by atoms with Crippen LogP contribution in [0.2, 0.25) is 0 Å². The van der Waals surface area contributed by atoms with Crippen molar-refractivity contribution in [2.45, 2.75) is 11.8 Å². The van der Waals surface area contributed by atoms with E-state index in [0.717, 1.165) is 12.1 Å². The van der Waals surface area contributed by atoms with Gasteiger partial charge in [-0.15, -0.1) is 0 Å². The minimum Gasteiger partial charge on any atom is -0.478 e. The van der Waals surface area contributed by atoms with Gasteiger partial charge in [-0.3, -0.25) is 4.79 Å². The van der Waals surface area contributed by atoms with Crippen molar-refractivity contribution in [2.75, 3.05) is 0 Å². The first-order valence-corrected chi connectivity index (χ1v) is 5.02. The van der Waals surface area contributed by atoms with Crippen LogP contribution in [0.3, 0.4) is 0 Å². The molecule has 5 heteroatoms. The van der Waals surface area contributed by atoms with Crippen molar-refractivity contribution in [1.29, 1.82) is 0 Å². The van der Waals surface area contributed by atoms with Gasteiger partial charge in [0.1, 0.15) is 11.6 Å². The fraction of sp³-hybridized carbons (Fsp3) is 0.200. The fourth-order valence-electron chi connectivity index (χ4n) is 1.15. The molecule has 3 nitrogen and oxygen atoms in total. The van der Waals surface area contributed by atoms with Crippen LogP contribution in [0.25, 0.3) is 0 Å². The lowest BCUT2D eigenvalue weighted by Crippen LogP contribution is -2.09. The van der Waals surface area contributed by atoms with E-state index in [4.69, 9.17) is 5.11 Å². The van der Waals surface area contributed by atoms with Crippen LogP contribution in [0.15, 0.2) is 18.2 Å². The predicted molar refractivity (Wildman–Crippen MR) is 55.7 cm³/mol. The number of aromatic carboxylic acids is 1. The molecule has 0 fully saturated rings. The minimum atomic E-state index is -1.25. The maximum absolute atomic E-state index is 12.8. The summed E-state index contributed by atoms with van der Waals surface area (Å²) in [4.78, 5) is 21.2. The predicted octanol–water partition coefficient (Wildman–Crippen LogP) is 2.55. The van der Waals surface area contributed by atoms with Crippen molar-refractivity contribution in [3.63, 3.8) is 0 Å². The van der Waals surface area contributed by atoms with Gasteiger partial charge in [-0.1, -0.05) is 22.0 Å². The smallest absolute Gasteiger partial charge is 0.336 e. The zero-order valence-electron chi connectivity index (χ0n) is 7.83. The Labute approximate surface area is 94.0 Å². The maximum atomic E-state index is 12.8. The molecule has 15 heavy (non-hydrogen) atoms. The van der Waals surface area contributed by atoms with Crippen LogP contribution >= 0.6 is 15.9 Å². The molecule has 1 unspecified atom stereocenters. The summed E-state index contributed by atoms with van der Waals surface area (Å²) in [6, 6.07) is 3.31. The molecule has 0 spiro atoms. The summed E-state index contributed by atoms with van der Waals surface area (Å²) in [6.45, 7) is 1.33. The third kappa shape index (κ3) is 2.62. The molecule has 0 amide bonds. The number of carboxylic acid groups (broad SMARTS) is 1. The molecule has 0 aromatic heterocycles. The Bertz CT molecular complexity index is 417. The van der Waals surface area contributed by atoms with Gasteiger partial charge in [-0.2, -0.15) is 0 Å². The molecule has 0 radical (unpaired) electrons. The summed E-state index contributed by atoms with van der Waals surface area (Å²) in [5.74, 6) is -2.13. The molecule has 0 saturated carbocycles. The molecule has 0 heterocycles. The Kier molecular flexibility index (Phi) is 3.57. The number of carbonyl (C=O) groups excluding carboxylic acids is 1. The first kappa shape index (κ1) is 11.8. The topological polar surface area (TPSA) is 54.4 Å². The van der Waals surface area contributed by atoms with Crippen LogP contribution in [0.4, 0.5) is 4.39 Å². The highest BCUT2D eigenvalue weighted by Crippen LogP contribution is 2.27. The van der Waals surface area contributed by atoms with Gasteiger partial charge in [-0.25, -0.2) is 9.18 Å². The van der Waals surface area contributed by atoms with Gasteiger partial charge in [0.05, 0.1) is 10.4 Å². The van der Waals surface area contributed by atoms with E-state index in [0.29, 0.717) is 0 Å². The summed E-state index contributed by atoms with van der Waals surface area (Å²) in [5.41, 5.74) is 0.0588. The number of halogens is 2. The maximum Gasteiger partial charge on any atom is 0.336 e. The third-order valence-corrected chi connectivity index (χ3v) is 3.01. The molecule has 0 aliphatic heterocycles. The van der Waals surface area contributed by atoms with Crippen LogP contribution in [-0.4, -0.2) is 16.9 Å². The molecular formula is C10H8BrFO3. The molecular weight excluding hydrogens is 267 g/mol. The number of carbonyl (C=O) groups is 2. The average Bonchev–Trinajstić information content (AvgIpc) is 2.16. The SMILES string of the molecule is CC(=O)C(Br)c1ccc(F)cc1C(=O)O. The lowest BCUT2D eigenvalue weighted by Gasteiger charge is -2.09. The van der Waals surface area contributed by atoms with E-state index < -0.39 is 16.6 Å². The number of benzene rings is 1. The van der Waals surface area contributed by atoms with E-state index in [-0.39, 0.29) is 16.9 Å². The second-order valence-corrected chi connectivity index (χ2v) is 3.93. The Morgan fingerprint density at radius 1 is 1.47 bits per heavy atom. The second-order valence-electron chi connectivity index (χ2n) is 3.01. The monoisotopic (exact) mass is 274 g/mol. The zero-order valence-corrected chi connectivity index (χ0v) is 9.42. The van der Waals surface area contributed by atoms with Gasteiger partial charge >= 0.3 is 5.97 Å². The normalized spacial score (nSPS) is 12.2. The highest BCUT2D eigenvalue weighted by molar-refractivity contribution is 9.09. The van der Waals surface area contributed by atoms with Crippen LogP contribution in [0, 0.1) is 5.82 Å². The first-order valence-electron chi connectivity index (χ1n) is 4.10. The van der Waals surface area contributed by atoms with Crippen molar-refractivity contribution < 1.29 is 19.1 Å². The summed E-state index contributed by atoms with van der Waals surface area (Å²) in [6.07, 6.45) is 0. The molecule has 1 N–H and O–H groups in total. The zero-order chi connectivity index (χ0) is 11.6. The molecule has 0 aliphatic rings. The van der Waals surface area contributed by atoms with Crippen molar-refractivity contribution in [3.05, 3.63) is 35.1 Å². The van der Waals surface area contributed by atoms with Crippen LogP contribution < -0.4 is 0 Å². The lowest BCUT2D eigenvalue weighted by molar-refractivity contribution is -0.116. The largest absolute Gasteiger partial charge is 0.478 e. The molecule has 0 saturated heterocycles. The Morgan fingerprint density at radius 3 is 2.53 bits per heavy atom. The van der Waals surface area contributed by atoms with E-state index in [2.05, 4.69) is 15.9 Å². The van der Waals surface area contributed by atoms with Gasteiger partial charge in [0.25, 0.3) is 0 Å². The van der Waals surface area contributed by atoms with E-state index in [1.165, 1.54) is 13.0 Å². The number of rotatable bonds is 3. The fourth-order valence-corrected chi connectivity index (χ4v) is 1.55. The number of ketones is 1. The standard InChI is InChI=1S/C10H8BrFO3/c1-5(13)9(11)7-3-2-6(12)4-8(7)10(14)15/h2-4,9H,1H3,(H,14,15). The van der Waals surface area contributed by atoms with E-state index in [1.54, 1.807) is 0 Å². The first-order chi connectivity index (χ1) is 6.93. The number of carboxylic acids is 1.